The van der Waals surface area contributed by atoms with Crippen molar-refractivity contribution in [1.29, 1.82) is 0 Å². The molecule has 178 valence electrons. The van der Waals surface area contributed by atoms with Gasteiger partial charge < -0.3 is 20.0 Å². The molecule has 0 spiro atoms. The van der Waals surface area contributed by atoms with E-state index in [-0.39, 0.29) is 54.3 Å². The van der Waals surface area contributed by atoms with Crippen LogP contribution in [-0.2, 0) is 25.5 Å². The van der Waals surface area contributed by atoms with E-state index in [4.69, 9.17) is 9.94 Å². The maximum atomic E-state index is 11.9. The summed E-state index contributed by atoms with van der Waals surface area (Å²) in [6, 6.07) is 6.37. The number of carboxylic acids is 1. The molecule has 0 fully saturated rings. The van der Waals surface area contributed by atoms with Crippen LogP contribution >= 0.6 is 0 Å². The van der Waals surface area contributed by atoms with Gasteiger partial charge in [-0.3, -0.25) is 14.8 Å². The van der Waals surface area contributed by atoms with Gasteiger partial charge in [0.25, 0.3) is 5.91 Å². The summed E-state index contributed by atoms with van der Waals surface area (Å²) in [5, 5.41) is 21.7. The van der Waals surface area contributed by atoms with Crippen molar-refractivity contribution in [1.82, 2.24) is 10.8 Å². The number of hydroxylamine groups is 1. The third kappa shape index (κ3) is 14.0. The number of benzene rings is 1. The molecule has 10 heteroatoms. The van der Waals surface area contributed by atoms with Gasteiger partial charge in [0.2, 0.25) is 5.91 Å². The van der Waals surface area contributed by atoms with Crippen LogP contribution in [0.2, 0.25) is 0 Å². The van der Waals surface area contributed by atoms with E-state index in [9.17, 15) is 24.3 Å². The minimum absolute atomic E-state index is 0. The molecule has 0 saturated carbocycles. The first kappa shape index (κ1) is 31.1. The molecule has 1 rings (SSSR count). The maximum absolute atomic E-state index is 11.9. The standard InChI is InChI=1S/C23H34N2O7.Na/c1-32-23(30)18-12-9-11-17(16-18)10-7-5-3-2-4-6-8-13-20(26)24-19(22(29)25-31)14-15-21(27)28;/h9,11-12,16,19,31H,2-8,10,13-15H2,1H3,(H,24,26)(H,25,29)(H,27,28);/q;+1/p-1/t19-;/m1./s1. The Morgan fingerprint density at radius 1 is 1.00 bits per heavy atom. The van der Waals surface area contributed by atoms with Crippen LogP contribution in [-0.4, -0.2) is 42.1 Å². The van der Waals surface area contributed by atoms with Crippen LogP contribution in [0.15, 0.2) is 24.3 Å². The second-order valence-electron chi connectivity index (χ2n) is 7.67. The van der Waals surface area contributed by atoms with Crippen molar-refractivity contribution in [2.45, 2.75) is 76.7 Å². The number of carbonyl (C=O) groups excluding carboxylic acids is 4. The van der Waals surface area contributed by atoms with E-state index in [2.05, 4.69) is 5.32 Å². The Labute approximate surface area is 216 Å². The molecule has 0 bridgehead atoms. The third-order valence-electron chi connectivity index (χ3n) is 5.12. The fourth-order valence-corrected chi connectivity index (χ4v) is 3.35. The zero-order valence-electron chi connectivity index (χ0n) is 19.6. The number of nitrogens with one attached hydrogen (secondary N) is 2. The van der Waals surface area contributed by atoms with Crippen molar-refractivity contribution < 1.29 is 63.8 Å². The van der Waals surface area contributed by atoms with Gasteiger partial charge in [-0.05, 0) is 49.8 Å². The Hall–Kier alpha value is -1.94. The molecule has 0 radical (unpaired) electrons. The number of carboxylic acid groups (broad SMARTS) is 1. The molecular formula is C23H33N2NaO7. The van der Waals surface area contributed by atoms with E-state index in [1.54, 1.807) is 6.07 Å². The molecular weight excluding hydrogens is 439 g/mol. The van der Waals surface area contributed by atoms with Gasteiger partial charge in [0.1, 0.15) is 6.04 Å². The van der Waals surface area contributed by atoms with E-state index in [1.807, 2.05) is 18.2 Å². The van der Waals surface area contributed by atoms with Gasteiger partial charge in [0.15, 0.2) is 0 Å². The van der Waals surface area contributed by atoms with Crippen molar-refractivity contribution >= 4 is 23.8 Å². The summed E-state index contributed by atoms with van der Waals surface area (Å²) in [5.74, 6) is -2.86. The SMILES string of the molecule is COC(=O)c1cccc(CCCCCCCCCC(=O)N[C@H](CCC(=O)[O-])C(=O)NO)c1.[Na+]. The minimum atomic E-state index is -1.33. The first-order valence-electron chi connectivity index (χ1n) is 11.0. The largest absolute Gasteiger partial charge is 1.00 e. The van der Waals surface area contributed by atoms with Gasteiger partial charge in [0.05, 0.1) is 12.7 Å². The van der Waals surface area contributed by atoms with Gasteiger partial charge in [-0.25, -0.2) is 10.3 Å². The van der Waals surface area contributed by atoms with Gasteiger partial charge >= 0.3 is 35.5 Å². The number of hydrogen-bond acceptors (Lipinski definition) is 7. The number of methoxy groups -OCH3 is 1. The van der Waals surface area contributed by atoms with Crippen LogP contribution in [0.5, 0.6) is 0 Å². The van der Waals surface area contributed by atoms with Gasteiger partial charge in [-0.1, -0.05) is 44.2 Å². The Kier molecular flexibility index (Phi) is 17.4. The molecule has 1 atom stereocenters. The van der Waals surface area contributed by atoms with Crippen LogP contribution < -0.4 is 45.5 Å². The predicted octanol–water partition coefficient (Wildman–Crippen LogP) is -1.34. The molecule has 1 aromatic rings. The molecule has 0 saturated heterocycles. The molecule has 0 aliphatic heterocycles. The van der Waals surface area contributed by atoms with E-state index in [1.165, 1.54) is 12.6 Å². The quantitative estimate of drug-likeness (QED) is 0.0888. The molecule has 0 unspecified atom stereocenters. The number of hydrogen-bond donors (Lipinski definition) is 3. The zero-order chi connectivity index (χ0) is 23.8. The summed E-state index contributed by atoms with van der Waals surface area (Å²) in [5.41, 5.74) is 3.11. The molecule has 0 aliphatic carbocycles. The molecule has 9 nitrogen and oxygen atoms in total. The van der Waals surface area contributed by atoms with E-state index in [0.717, 1.165) is 50.5 Å². The Morgan fingerprint density at radius 3 is 2.24 bits per heavy atom. The maximum Gasteiger partial charge on any atom is 1.00 e. The average molecular weight is 473 g/mol. The Balaban J connectivity index is 0.0000102. The van der Waals surface area contributed by atoms with Crippen molar-refractivity contribution in [3.05, 3.63) is 35.4 Å². The molecule has 1 aromatic carbocycles. The fraction of sp³-hybridized carbons (Fsp3) is 0.565. The van der Waals surface area contributed by atoms with Crippen LogP contribution in [0, 0.1) is 0 Å². The van der Waals surface area contributed by atoms with Crippen molar-refractivity contribution in [3.63, 3.8) is 0 Å². The number of unbranched alkanes of at least 4 members (excludes halogenated alkanes) is 6. The summed E-state index contributed by atoms with van der Waals surface area (Å²) in [6.45, 7) is 0. The van der Waals surface area contributed by atoms with Crippen LogP contribution in [0.4, 0.5) is 0 Å². The number of esters is 1. The third-order valence-corrected chi connectivity index (χ3v) is 5.12. The average Bonchev–Trinajstić information content (AvgIpc) is 2.79. The van der Waals surface area contributed by atoms with Crippen molar-refractivity contribution in [2.24, 2.45) is 0 Å². The Bertz CT molecular complexity index is 758. The fourth-order valence-electron chi connectivity index (χ4n) is 3.35. The number of rotatable bonds is 16. The van der Waals surface area contributed by atoms with Crippen molar-refractivity contribution in [3.8, 4) is 0 Å². The normalized spacial score (nSPS) is 11.1. The first-order valence-corrected chi connectivity index (χ1v) is 11.0. The number of amides is 2. The molecule has 2 amide bonds. The number of aryl methyl sites for hydroxylation is 1. The smallest absolute Gasteiger partial charge is 0.550 e. The van der Waals surface area contributed by atoms with Gasteiger partial charge in [-0.2, -0.15) is 0 Å². The van der Waals surface area contributed by atoms with Gasteiger partial charge in [-0.15, -0.1) is 0 Å². The van der Waals surface area contributed by atoms with Gasteiger partial charge in [0, 0.05) is 12.4 Å². The van der Waals surface area contributed by atoms with Crippen LogP contribution in [0.1, 0.15) is 80.1 Å². The summed E-state index contributed by atoms with van der Waals surface area (Å²) in [4.78, 5) is 45.5. The van der Waals surface area contributed by atoms with E-state index < -0.39 is 24.3 Å². The summed E-state index contributed by atoms with van der Waals surface area (Å²) < 4.78 is 4.73. The Morgan fingerprint density at radius 2 is 1.64 bits per heavy atom. The van der Waals surface area contributed by atoms with E-state index in [0.29, 0.717) is 12.0 Å². The predicted molar refractivity (Wildman–Crippen MR) is 115 cm³/mol. The summed E-state index contributed by atoms with van der Waals surface area (Å²) >= 11 is 0. The first-order chi connectivity index (χ1) is 15.4. The molecule has 0 heterocycles. The van der Waals surface area contributed by atoms with E-state index >= 15 is 0 Å². The number of carbonyl (C=O) groups is 4. The number of aliphatic carboxylic acids is 1. The zero-order valence-corrected chi connectivity index (χ0v) is 21.6. The number of ether oxygens (including phenoxy) is 1. The summed E-state index contributed by atoms with van der Waals surface area (Å²) in [7, 11) is 1.37. The molecule has 0 aliphatic rings. The monoisotopic (exact) mass is 472 g/mol. The minimum Gasteiger partial charge on any atom is -0.550 e. The van der Waals surface area contributed by atoms with Crippen LogP contribution in [0.3, 0.4) is 0 Å². The molecule has 33 heavy (non-hydrogen) atoms. The molecule has 0 aromatic heterocycles. The van der Waals surface area contributed by atoms with Crippen molar-refractivity contribution in [2.75, 3.05) is 7.11 Å². The second-order valence-corrected chi connectivity index (χ2v) is 7.67. The summed E-state index contributed by atoms with van der Waals surface area (Å²) in [6.07, 6.45) is 7.41. The van der Waals surface area contributed by atoms with Crippen LogP contribution in [0.25, 0.3) is 0 Å². The molecule has 3 N–H and O–H groups in total. The second kappa shape index (κ2) is 18.5. The topological polar surface area (TPSA) is 145 Å².